The van der Waals surface area contributed by atoms with Crippen LogP contribution in [0.1, 0.15) is 19.3 Å². The van der Waals surface area contributed by atoms with Gasteiger partial charge in [-0.3, -0.25) is 4.84 Å². The monoisotopic (exact) mass is 261 g/mol. The number of rotatable bonds is 4. The molecule has 4 nitrogen and oxygen atoms in total. The molecular formula is C10H12ClNO3S. The summed E-state index contributed by atoms with van der Waals surface area (Å²) < 4.78 is 23.5. The second-order valence-electron chi connectivity index (χ2n) is 3.71. The van der Waals surface area contributed by atoms with E-state index >= 15 is 0 Å². The van der Waals surface area contributed by atoms with Crippen LogP contribution in [0, 0.1) is 0 Å². The smallest absolute Gasteiger partial charge is 0.262 e. The van der Waals surface area contributed by atoms with Gasteiger partial charge < -0.3 is 0 Å². The van der Waals surface area contributed by atoms with E-state index in [1.54, 1.807) is 12.1 Å². The fraction of sp³-hybridized carbons (Fsp3) is 0.400. The van der Waals surface area contributed by atoms with Gasteiger partial charge in [0.25, 0.3) is 10.0 Å². The molecule has 1 N–H and O–H groups in total. The average molecular weight is 262 g/mol. The quantitative estimate of drug-likeness (QED) is 0.845. The standard InChI is InChI=1S/C10H12ClNO3S/c11-8-3-1-6-10(7-8)16(13,14)12-15-9-4-2-5-9/h1,3,6-7,9,12H,2,4-5H2. The van der Waals surface area contributed by atoms with Gasteiger partial charge in [-0.1, -0.05) is 22.6 Å². The number of hydrogen-bond donors (Lipinski definition) is 1. The van der Waals surface area contributed by atoms with Crippen molar-refractivity contribution in [3.05, 3.63) is 29.3 Å². The lowest BCUT2D eigenvalue weighted by atomic mass is 9.97. The van der Waals surface area contributed by atoms with Crippen LogP contribution in [0.5, 0.6) is 0 Å². The first-order chi connectivity index (χ1) is 7.58. The Hall–Kier alpha value is -0.620. The van der Waals surface area contributed by atoms with Crippen LogP contribution < -0.4 is 4.89 Å². The van der Waals surface area contributed by atoms with E-state index in [2.05, 4.69) is 4.89 Å². The van der Waals surface area contributed by atoms with E-state index in [4.69, 9.17) is 16.4 Å². The van der Waals surface area contributed by atoms with Crippen LogP contribution in [0.2, 0.25) is 5.02 Å². The summed E-state index contributed by atoms with van der Waals surface area (Å²) in [5.41, 5.74) is 0. The van der Waals surface area contributed by atoms with Crippen LogP contribution in [0.15, 0.2) is 29.2 Å². The van der Waals surface area contributed by atoms with Crippen molar-refractivity contribution in [1.82, 2.24) is 4.89 Å². The number of halogens is 1. The summed E-state index contributed by atoms with van der Waals surface area (Å²) >= 11 is 5.72. The molecule has 0 aromatic heterocycles. The summed E-state index contributed by atoms with van der Waals surface area (Å²) in [5, 5.41) is 0.381. The summed E-state index contributed by atoms with van der Waals surface area (Å²) in [6.07, 6.45) is 2.90. The minimum atomic E-state index is -3.61. The van der Waals surface area contributed by atoms with Crippen molar-refractivity contribution in [3.8, 4) is 0 Å². The van der Waals surface area contributed by atoms with Crippen LogP contribution >= 0.6 is 11.6 Å². The van der Waals surface area contributed by atoms with E-state index in [1.807, 2.05) is 0 Å². The van der Waals surface area contributed by atoms with Crippen molar-refractivity contribution in [2.45, 2.75) is 30.3 Å². The lowest BCUT2D eigenvalue weighted by Crippen LogP contribution is -2.33. The molecule has 0 saturated heterocycles. The molecule has 0 radical (unpaired) electrons. The molecular weight excluding hydrogens is 250 g/mol. The summed E-state index contributed by atoms with van der Waals surface area (Å²) in [4.78, 5) is 7.28. The Bertz CT molecular complexity index is 471. The highest BCUT2D eigenvalue weighted by atomic mass is 35.5. The fourth-order valence-electron chi connectivity index (χ4n) is 1.30. The molecule has 1 aromatic carbocycles. The molecule has 6 heteroatoms. The van der Waals surface area contributed by atoms with E-state index in [-0.39, 0.29) is 11.0 Å². The van der Waals surface area contributed by atoms with Crippen LogP contribution in [0.25, 0.3) is 0 Å². The zero-order valence-corrected chi connectivity index (χ0v) is 10.1. The molecule has 2 rings (SSSR count). The van der Waals surface area contributed by atoms with Gasteiger partial charge in [-0.15, -0.1) is 0 Å². The first-order valence-electron chi connectivity index (χ1n) is 5.01. The minimum Gasteiger partial charge on any atom is -0.284 e. The third kappa shape index (κ3) is 2.74. The van der Waals surface area contributed by atoms with Crippen molar-refractivity contribution in [2.24, 2.45) is 0 Å². The van der Waals surface area contributed by atoms with Gasteiger partial charge in [0, 0.05) is 5.02 Å². The van der Waals surface area contributed by atoms with Crippen molar-refractivity contribution in [3.63, 3.8) is 0 Å². The average Bonchev–Trinajstić information content (AvgIpc) is 2.15. The Morgan fingerprint density at radius 3 is 2.69 bits per heavy atom. The molecule has 0 atom stereocenters. The zero-order chi connectivity index (χ0) is 11.6. The van der Waals surface area contributed by atoms with E-state index < -0.39 is 10.0 Å². The zero-order valence-electron chi connectivity index (χ0n) is 8.52. The van der Waals surface area contributed by atoms with E-state index in [0.29, 0.717) is 5.02 Å². The van der Waals surface area contributed by atoms with E-state index in [1.165, 1.54) is 12.1 Å². The Morgan fingerprint density at radius 2 is 2.12 bits per heavy atom. The lowest BCUT2D eigenvalue weighted by molar-refractivity contribution is -0.0280. The highest BCUT2D eigenvalue weighted by Gasteiger charge is 2.22. The summed E-state index contributed by atoms with van der Waals surface area (Å²) in [6.45, 7) is 0. The molecule has 0 unspecified atom stereocenters. The van der Waals surface area contributed by atoms with Gasteiger partial charge in [0.2, 0.25) is 0 Å². The number of sulfonamides is 1. The van der Waals surface area contributed by atoms with Crippen molar-refractivity contribution in [1.29, 1.82) is 0 Å². The molecule has 16 heavy (non-hydrogen) atoms. The SMILES string of the molecule is O=S(=O)(NOC1CCC1)c1cccc(Cl)c1. The fourth-order valence-corrected chi connectivity index (χ4v) is 2.46. The largest absolute Gasteiger partial charge is 0.284 e. The van der Waals surface area contributed by atoms with E-state index in [9.17, 15) is 8.42 Å². The first kappa shape index (κ1) is 11.9. The molecule has 1 aromatic rings. The molecule has 0 aliphatic heterocycles. The normalized spacial score (nSPS) is 17.1. The van der Waals surface area contributed by atoms with Gasteiger partial charge in [0.1, 0.15) is 0 Å². The maximum Gasteiger partial charge on any atom is 0.262 e. The summed E-state index contributed by atoms with van der Waals surface area (Å²) in [7, 11) is -3.61. The molecule has 0 heterocycles. The number of hydrogen-bond acceptors (Lipinski definition) is 3. The Balaban J connectivity index is 2.05. The molecule has 88 valence electrons. The second-order valence-corrected chi connectivity index (χ2v) is 5.80. The summed E-state index contributed by atoms with van der Waals surface area (Å²) in [6, 6.07) is 6.06. The van der Waals surface area contributed by atoms with Crippen molar-refractivity contribution < 1.29 is 13.3 Å². The second kappa shape index (κ2) is 4.71. The maximum absolute atomic E-state index is 11.7. The molecule has 0 amide bonds. The van der Waals surface area contributed by atoms with Crippen LogP contribution in [-0.4, -0.2) is 14.5 Å². The minimum absolute atomic E-state index is 0.00830. The highest BCUT2D eigenvalue weighted by Crippen LogP contribution is 2.22. The maximum atomic E-state index is 11.7. The molecule has 1 aliphatic carbocycles. The van der Waals surface area contributed by atoms with Crippen LogP contribution in [-0.2, 0) is 14.9 Å². The van der Waals surface area contributed by atoms with Gasteiger partial charge in [0.15, 0.2) is 0 Å². The topological polar surface area (TPSA) is 55.4 Å². The Morgan fingerprint density at radius 1 is 1.38 bits per heavy atom. The number of nitrogens with one attached hydrogen (secondary N) is 1. The summed E-state index contributed by atoms with van der Waals surface area (Å²) in [5.74, 6) is 0. The predicted molar refractivity (Wildman–Crippen MR) is 60.5 cm³/mol. The predicted octanol–water partition coefficient (Wildman–Crippen LogP) is 2.10. The first-order valence-corrected chi connectivity index (χ1v) is 6.87. The lowest BCUT2D eigenvalue weighted by Gasteiger charge is -2.24. The van der Waals surface area contributed by atoms with Crippen LogP contribution in [0.3, 0.4) is 0 Å². The third-order valence-corrected chi connectivity index (χ3v) is 3.91. The van der Waals surface area contributed by atoms with Crippen molar-refractivity contribution in [2.75, 3.05) is 0 Å². The Labute approximate surface area is 99.6 Å². The highest BCUT2D eigenvalue weighted by molar-refractivity contribution is 7.89. The molecule has 1 aliphatic rings. The molecule has 1 saturated carbocycles. The van der Waals surface area contributed by atoms with Gasteiger partial charge in [-0.2, -0.15) is 0 Å². The molecule has 0 spiro atoms. The number of benzene rings is 1. The van der Waals surface area contributed by atoms with Gasteiger partial charge in [-0.05, 0) is 37.5 Å². The molecule has 0 bridgehead atoms. The van der Waals surface area contributed by atoms with Gasteiger partial charge in [0.05, 0.1) is 11.0 Å². The Kier molecular flexibility index (Phi) is 3.49. The van der Waals surface area contributed by atoms with Gasteiger partial charge in [-0.25, -0.2) is 8.42 Å². The van der Waals surface area contributed by atoms with Gasteiger partial charge >= 0.3 is 0 Å². The third-order valence-electron chi connectivity index (χ3n) is 2.48. The van der Waals surface area contributed by atoms with Crippen LogP contribution in [0.4, 0.5) is 0 Å². The molecule has 1 fully saturated rings. The van der Waals surface area contributed by atoms with Crippen molar-refractivity contribution >= 4 is 21.6 Å². The van der Waals surface area contributed by atoms with E-state index in [0.717, 1.165) is 19.3 Å².